The van der Waals surface area contributed by atoms with Crippen LogP contribution in [0.5, 0.6) is 0 Å². The predicted octanol–water partition coefficient (Wildman–Crippen LogP) is 3.32. The Balaban J connectivity index is 1.64. The van der Waals surface area contributed by atoms with Crippen molar-refractivity contribution < 1.29 is 4.79 Å². The molecule has 0 saturated carbocycles. The monoisotopic (exact) mass is 358 g/mol. The number of benzene rings is 1. The fourth-order valence-corrected chi connectivity index (χ4v) is 2.88. The molecule has 1 N–H and O–H groups in total. The Bertz CT molecular complexity index is 1080. The van der Waals surface area contributed by atoms with Crippen molar-refractivity contribution in [2.24, 2.45) is 0 Å². The maximum atomic E-state index is 12.8. The molecule has 0 spiro atoms. The van der Waals surface area contributed by atoms with Gasteiger partial charge in [-0.1, -0.05) is 24.3 Å². The second kappa shape index (κ2) is 6.87. The lowest BCUT2D eigenvalue weighted by molar-refractivity contribution is 0.102. The van der Waals surface area contributed by atoms with Crippen LogP contribution in [0.15, 0.2) is 67.0 Å². The second-order valence-electron chi connectivity index (χ2n) is 6.12. The minimum Gasteiger partial charge on any atom is -0.306 e. The van der Waals surface area contributed by atoms with E-state index in [0.29, 0.717) is 22.9 Å². The van der Waals surface area contributed by atoms with Gasteiger partial charge in [-0.25, -0.2) is 14.3 Å². The van der Waals surface area contributed by atoms with Crippen molar-refractivity contribution in [2.45, 2.75) is 13.8 Å². The van der Waals surface area contributed by atoms with Crippen LogP contribution in [-0.4, -0.2) is 30.5 Å². The molecular formula is C20H18N6O. The summed E-state index contributed by atoms with van der Waals surface area (Å²) in [6.45, 7) is 3.73. The van der Waals surface area contributed by atoms with E-state index < -0.39 is 0 Å². The fourth-order valence-electron chi connectivity index (χ4n) is 2.88. The molecule has 0 aliphatic heterocycles. The molecule has 0 radical (unpaired) electrons. The molecular weight excluding hydrogens is 340 g/mol. The number of pyridine rings is 1. The molecule has 0 aliphatic rings. The summed E-state index contributed by atoms with van der Waals surface area (Å²) >= 11 is 0. The lowest BCUT2D eigenvalue weighted by atomic mass is 10.2. The maximum Gasteiger partial charge on any atom is 0.260 e. The van der Waals surface area contributed by atoms with Crippen LogP contribution in [0.2, 0.25) is 0 Å². The highest BCUT2D eigenvalue weighted by atomic mass is 16.1. The lowest BCUT2D eigenvalue weighted by Crippen LogP contribution is -2.16. The highest BCUT2D eigenvalue weighted by Crippen LogP contribution is 2.19. The number of amides is 1. The van der Waals surface area contributed by atoms with Crippen LogP contribution in [0.3, 0.4) is 0 Å². The minimum absolute atomic E-state index is 0.244. The van der Waals surface area contributed by atoms with E-state index in [1.165, 1.54) is 0 Å². The van der Waals surface area contributed by atoms with E-state index in [4.69, 9.17) is 0 Å². The van der Waals surface area contributed by atoms with Crippen LogP contribution >= 0.6 is 0 Å². The summed E-state index contributed by atoms with van der Waals surface area (Å²) in [6, 6.07) is 17.1. The average molecular weight is 358 g/mol. The number of anilines is 1. The van der Waals surface area contributed by atoms with Crippen LogP contribution in [0.1, 0.15) is 21.7 Å². The summed E-state index contributed by atoms with van der Waals surface area (Å²) < 4.78 is 3.36. The van der Waals surface area contributed by atoms with Crippen molar-refractivity contribution in [3.8, 4) is 11.5 Å². The van der Waals surface area contributed by atoms with Gasteiger partial charge in [-0.2, -0.15) is 10.2 Å². The van der Waals surface area contributed by atoms with Gasteiger partial charge in [0.1, 0.15) is 5.82 Å². The molecule has 0 atom stereocenters. The second-order valence-corrected chi connectivity index (χ2v) is 6.12. The largest absolute Gasteiger partial charge is 0.306 e. The molecule has 3 aromatic heterocycles. The summed E-state index contributed by atoms with van der Waals surface area (Å²) in [6.07, 6.45) is 3.24. The van der Waals surface area contributed by atoms with Gasteiger partial charge in [0.05, 0.1) is 28.8 Å². The SMILES string of the molecule is Cc1cc(NC(=O)c2cnn(-c3ccccn3)c2C)n(-c2ccccc2)n1. The van der Waals surface area contributed by atoms with Gasteiger partial charge in [-0.15, -0.1) is 0 Å². The molecule has 0 saturated heterocycles. The van der Waals surface area contributed by atoms with Gasteiger partial charge in [0, 0.05) is 12.3 Å². The van der Waals surface area contributed by atoms with Crippen molar-refractivity contribution in [1.29, 1.82) is 0 Å². The third kappa shape index (κ3) is 3.22. The molecule has 0 unspecified atom stereocenters. The molecule has 4 aromatic rings. The van der Waals surface area contributed by atoms with Crippen LogP contribution < -0.4 is 5.32 Å². The number of nitrogens with zero attached hydrogens (tertiary/aromatic N) is 5. The van der Waals surface area contributed by atoms with Crippen molar-refractivity contribution >= 4 is 11.7 Å². The number of hydrogen-bond acceptors (Lipinski definition) is 4. The first-order valence-electron chi connectivity index (χ1n) is 8.53. The number of hydrogen-bond donors (Lipinski definition) is 1. The summed E-state index contributed by atoms with van der Waals surface area (Å²) in [5.74, 6) is 1.03. The first-order chi connectivity index (χ1) is 13.1. The van der Waals surface area contributed by atoms with E-state index in [2.05, 4.69) is 20.5 Å². The number of nitrogens with one attached hydrogen (secondary N) is 1. The van der Waals surface area contributed by atoms with Crippen LogP contribution in [-0.2, 0) is 0 Å². The molecule has 7 nitrogen and oxygen atoms in total. The highest BCUT2D eigenvalue weighted by Gasteiger charge is 2.18. The van der Waals surface area contributed by atoms with E-state index in [-0.39, 0.29) is 5.91 Å². The summed E-state index contributed by atoms with van der Waals surface area (Å²) in [5, 5.41) is 11.7. The summed E-state index contributed by atoms with van der Waals surface area (Å²) in [5.41, 5.74) is 2.89. The van der Waals surface area contributed by atoms with E-state index in [0.717, 1.165) is 11.4 Å². The van der Waals surface area contributed by atoms with Gasteiger partial charge in [0.15, 0.2) is 5.82 Å². The van der Waals surface area contributed by atoms with Crippen molar-refractivity contribution in [3.05, 3.63) is 83.9 Å². The number of rotatable bonds is 4. The molecule has 3 heterocycles. The standard InChI is InChI=1S/C20H18N6O/c1-14-12-19(26(24-14)16-8-4-3-5-9-16)23-20(27)17-13-22-25(15(17)2)18-10-6-7-11-21-18/h3-13H,1-2H3,(H,23,27). The van der Waals surface area contributed by atoms with Crippen molar-refractivity contribution in [2.75, 3.05) is 5.32 Å². The average Bonchev–Trinajstić information content (AvgIpc) is 3.25. The molecule has 0 fully saturated rings. The molecule has 0 aliphatic carbocycles. The number of carbonyl (C=O) groups excluding carboxylic acids is 1. The molecule has 1 aromatic carbocycles. The smallest absolute Gasteiger partial charge is 0.260 e. The Hall–Kier alpha value is -3.74. The Morgan fingerprint density at radius 2 is 1.78 bits per heavy atom. The molecule has 134 valence electrons. The van der Waals surface area contributed by atoms with Crippen LogP contribution in [0.4, 0.5) is 5.82 Å². The summed E-state index contributed by atoms with van der Waals surface area (Å²) in [7, 11) is 0. The van der Waals surface area contributed by atoms with Crippen molar-refractivity contribution in [3.63, 3.8) is 0 Å². The Morgan fingerprint density at radius 3 is 2.52 bits per heavy atom. The van der Waals surface area contributed by atoms with Gasteiger partial charge in [0.2, 0.25) is 0 Å². The zero-order valence-corrected chi connectivity index (χ0v) is 15.0. The fraction of sp³-hybridized carbons (Fsp3) is 0.100. The number of aromatic nitrogens is 5. The van der Waals surface area contributed by atoms with Crippen LogP contribution in [0, 0.1) is 13.8 Å². The normalized spacial score (nSPS) is 10.7. The third-order valence-corrected chi connectivity index (χ3v) is 4.19. The molecule has 27 heavy (non-hydrogen) atoms. The molecule has 4 rings (SSSR count). The topological polar surface area (TPSA) is 77.6 Å². The molecule has 1 amide bonds. The van der Waals surface area contributed by atoms with E-state index in [9.17, 15) is 4.79 Å². The zero-order chi connectivity index (χ0) is 18.8. The Kier molecular flexibility index (Phi) is 4.25. The van der Waals surface area contributed by atoms with E-state index in [1.54, 1.807) is 21.8 Å². The van der Waals surface area contributed by atoms with Gasteiger partial charge in [0.25, 0.3) is 5.91 Å². The Labute approximate surface area is 156 Å². The van der Waals surface area contributed by atoms with Gasteiger partial charge >= 0.3 is 0 Å². The lowest BCUT2D eigenvalue weighted by Gasteiger charge is -2.09. The van der Waals surface area contributed by atoms with Crippen LogP contribution in [0.25, 0.3) is 11.5 Å². The zero-order valence-electron chi connectivity index (χ0n) is 15.0. The number of aryl methyl sites for hydroxylation is 1. The van der Waals surface area contributed by atoms with E-state index in [1.807, 2.05) is 68.4 Å². The number of carbonyl (C=O) groups is 1. The van der Waals surface area contributed by atoms with E-state index >= 15 is 0 Å². The van der Waals surface area contributed by atoms with Gasteiger partial charge < -0.3 is 5.32 Å². The summed E-state index contributed by atoms with van der Waals surface area (Å²) in [4.78, 5) is 17.1. The first kappa shape index (κ1) is 16.7. The first-order valence-corrected chi connectivity index (χ1v) is 8.53. The molecule has 7 heteroatoms. The number of para-hydroxylation sites is 1. The predicted molar refractivity (Wildman–Crippen MR) is 102 cm³/mol. The minimum atomic E-state index is -0.244. The quantitative estimate of drug-likeness (QED) is 0.607. The molecule has 0 bridgehead atoms. The van der Waals surface area contributed by atoms with Gasteiger partial charge in [-0.3, -0.25) is 4.79 Å². The van der Waals surface area contributed by atoms with Crippen molar-refractivity contribution in [1.82, 2.24) is 24.5 Å². The van der Waals surface area contributed by atoms with Gasteiger partial charge in [-0.05, 0) is 38.1 Å². The maximum absolute atomic E-state index is 12.8. The Morgan fingerprint density at radius 1 is 1.00 bits per heavy atom. The highest BCUT2D eigenvalue weighted by molar-refractivity contribution is 6.04. The third-order valence-electron chi connectivity index (χ3n) is 4.19.